The van der Waals surface area contributed by atoms with Crippen molar-refractivity contribution in [2.45, 2.75) is 38.2 Å². The highest BCUT2D eigenvalue weighted by molar-refractivity contribution is 6.30. The molecule has 0 amide bonds. The molecule has 1 atom stereocenters. The van der Waals surface area contributed by atoms with Crippen molar-refractivity contribution in [3.63, 3.8) is 0 Å². The van der Waals surface area contributed by atoms with Crippen LogP contribution in [-0.4, -0.2) is 30.1 Å². The largest absolute Gasteiger partial charge is 0.388 e. The molecule has 0 aliphatic heterocycles. The molecule has 0 heterocycles. The quantitative estimate of drug-likeness (QED) is 0.855. The van der Waals surface area contributed by atoms with E-state index in [9.17, 15) is 5.11 Å². The molecule has 3 heteroatoms. The molecule has 1 aliphatic carbocycles. The molecule has 1 aromatic rings. The lowest BCUT2D eigenvalue weighted by Crippen LogP contribution is -2.26. The Hall–Kier alpha value is -0.570. The lowest BCUT2D eigenvalue weighted by molar-refractivity contribution is 0.144. The Bertz CT molecular complexity index is 390. The number of aliphatic hydroxyl groups is 1. The summed E-state index contributed by atoms with van der Waals surface area (Å²) in [4.78, 5) is 2.35. The van der Waals surface area contributed by atoms with Gasteiger partial charge < -0.3 is 10.0 Å². The van der Waals surface area contributed by atoms with Gasteiger partial charge in [-0.3, -0.25) is 0 Å². The van der Waals surface area contributed by atoms with Gasteiger partial charge in [-0.25, -0.2) is 0 Å². The zero-order valence-electron chi connectivity index (χ0n) is 11.7. The second-order valence-corrected chi connectivity index (χ2v) is 6.21. The van der Waals surface area contributed by atoms with E-state index in [2.05, 4.69) is 11.9 Å². The molecule has 1 fully saturated rings. The molecule has 0 aromatic heterocycles. The molecule has 2 rings (SSSR count). The van der Waals surface area contributed by atoms with Crippen LogP contribution in [0.4, 0.5) is 0 Å². The van der Waals surface area contributed by atoms with Crippen LogP contribution in [-0.2, 0) is 0 Å². The Balaban J connectivity index is 1.74. The van der Waals surface area contributed by atoms with Crippen molar-refractivity contribution < 1.29 is 5.11 Å². The van der Waals surface area contributed by atoms with Crippen molar-refractivity contribution in [1.82, 2.24) is 4.90 Å². The normalized spacial score (nSPS) is 18.1. The number of hydrogen-bond acceptors (Lipinski definition) is 2. The molecule has 0 radical (unpaired) electrons. The summed E-state index contributed by atoms with van der Waals surface area (Å²) in [6.45, 7) is 2.10. The van der Waals surface area contributed by atoms with Crippen molar-refractivity contribution in [1.29, 1.82) is 0 Å². The van der Waals surface area contributed by atoms with Crippen molar-refractivity contribution in [2.24, 2.45) is 5.92 Å². The van der Waals surface area contributed by atoms with Gasteiger partial charge >= 0.3 is 0 Å². The maximum Gasteiger partial charge on any atom is 0.0802 e. The number of benzene rings is 1. The fourth-order valence-corrected chi connectivity index (χ4v) is 3.15. The highest BCUT2D eigenvalue weighted by atomic mass is 35.5. The van der Waals surface area contributed by atoms with Gasteiger partial charge in [0.1, 0.15) is 0 Å². The zero-order chi connectivity index (χ0) is 13.7. The van der Waals surface area contributed by atoms with Gasteiger partial charge in [0, 0.05) is 18.1 Å². The summed E-state index contributed by atoms with van der Waals surface area (Å²) in [5.74, 6) is 0.869. The Kier molecular flexibility index (Phi) is 5.68. The number of nitrogens with zero attached hydrogens (tertiary/aromatic N) is 1. The monoisotopic (exact) mass is 281 g/mol. The fraction of sp³-hybridized carbons (Fsp3) is 0.625. The van der Waals surface area contributed by atoms with E-state index in [1.54, 1.807) is 0 Å². The molecule has 19 heavy (non-hydrogen) atoms. The van der Waals surface area contributed by atoms with Crippen LogP contribution >= 0.6 is 11.6 Å². The van der Waals surface area contributed by atoms with Crippen molar-refractivity contribution in [2.75, 3.05) is 20.1 Å². The molecule has 1 unspecified atom stereocenters. The maximum atomic E-state index is 10.2. The third-order valence-corrected chi connectivity index (χ3v) is 4.30. The number of halogens is 1. The van der Waals surface area contributed by atoms with E-state index in [1.807, 2.05) is 24.3 Å². The number of hydrogen-bond donors (Lipinski definition) is 1. The summed E-state index contributed by atoms with van der Waals surface area (Å²) >= 11 is 5.94. The van der Waals surface area contributed by atoms with Gasteiger partial charge in [0.2, 0.25) is 0 Å². The molecule has 0 bridgehead atoms. The van der Waals surface area contributed by atoms with Gasteiger partial charge in [-0.2, -0.15) is 0 Å². The summed E-state index contributed by atoms with van der Waals surface area (Å²) in [6.07, 6.45) is 5.89. The number of aliphatic hydroxyl groups excluding tert-OH is 1. The average Bonchev–Trinajstić information content (AvgIpc) is 2.88. The minimum absolute atomic E-state index is 0.412. The summed E-state index contributed by atoms with van der Waals surface area (Å²) in [6, 6.07) is 7.52. The molecule has 1 aromatic carbocycles. The molecule has 106 valence electrons. The SMILES string of the molecule is CN(CCC(O)c1cccc(Cl)c1)CC1CCCC1. The molecular weight excluding hydrogens is 258 g/mol. The van der Waals surface area contributed by atoms with Crippen LogP contribution in [0, 0.1) is 5.92 Å². The topological polar surface area (TPSA) is 23.5 Å². The molecule has 1 N–H and O–H groups in total. The summed E-state index contributed by atoms with van der Waals surface area (Å²) in [5, 5.41) is 10.9. The second kappa shape index (κ2) is 7.28. The smallest absolute Gasteiger partial charge is 0.0802 e. The highest BCUT2D eigenvalue weighted by Gasteiger charge is 2.17. The fourth-order valence-electron chi connectivity index (χ4n) is 2.95. The Morgan fingerprint density at radius 2 is 2.11 bits per heavy atom. The second-order valence-electron chi connectivity index (χ2n) is 5.77. The Labute approximate surface area is 121 Å². The van der Waals surface area contributed by atoms with E-state index in [0.717, 1.165) is 24.4 Å². The molecule has 0 spiro atoms. The van der Waals surface area contributed by atoms with Crippen molar-refractivity contribution in [3.05, 3.63) is 34.9 Å². The van der Waals surface area contributed by atoms with Crippen LogP contribution in [0.2, 0.25) is 5.02 Å². The minimum atomic E-state index is -0.412. The zero-order valence-corrected chi connectivity index (χ0v) is 12.4. The summed E-state index contributed by atoms with van der Waals surface area (Å²) < 4.78 is 0. The van der Waals surface area contributed by atoms with Crippen LogP contribution < -0.4 is 0 Å². The van der Waals surface area contributed by atoms with Gasteiger partial charge in [0.15, 0.2) is 0 Å². The average molecular weight is 282 g/mol. The highest BCUT2D eigenvalue weighted by Crippen LogP contribution is 2.26. The molecule has 2 nitrogen and oxygen atoms in total. The molecule has 1 aliphatic rings. The first-order valence-electron chi connectivity index (χ1n) is 7.27. The van der Waals surface area contributed by atoms with Crippen LogP contribution in [0.15, 0.2) is 24.3 Å². The van der Waals surface area contributed by atoms with E-state index in [0.29, 0.717) is 5.02 Å². The standard InChI is InChI=1S/C16H24ClNO/c1-18(12-13-5-2-3-6-13)10-9-16(19)14-7-4-8-15(17)11-14/h4,7-8,11,13,16,19H,2-3,5-6,9-10,12H2,1H3. The first-order valence-corrected chi connectivity index (χ1v) is 7.65. The molecular formula is C16H24ClNO. The van der Waals surface area contributed by atoms with E-state index in [1.165, 1.54) is 32.2 Å². The van der Waals surface area contributed by atoms with E-state index < -0.39 is 6.10 Å². The van der Waals surface area contributed by atoms with Gasteiger partial charge in [-0.15, -0.1) is 0 Å². The first-order chi connectivity index (χ1) is 9.15. The van der Waals surface area contributed by atoms with Crippen LogP contribution in [0.5, 0.6) is 0 Å². The molecule has 1 saturated carbocycles. The Morgan fingerprint density at radius 1 is 1.37 bits per heavy atom. The third-order valence-electron chi connectivity index (χ3n) is 4.06. The predicted molar refractivity (Wildman–Crippen MR) is 80.5 cm³/mol. The summed E-state index contributed by atoms with van der Waals surface area (Å²) in [5.41, 5.74) is 0.918. The lowest BCUT2D eigenvalue weighted by atomic mass is 10.1. The predicted octanol–water partition coefficient (Wildman–Crippen LogP) is 3.89. The van der Waals surface area contributed by atoms with Gasteiger partial charge in [-0.05, 0) is 49.9 Å². The molecule has 0 saturated heterocycles. The maximum absolute atomic E-state index is 10.2. The van der Waals surface area contributed by atoms with Crippen molar-refractivity contribution >= 4 is 11.6 Å². The van der Waals surface area contributed by atoms with Gasteiger partial charge in [0.25, 0.3) is 0 Å². The Morgan fingerprint density at radius 3 is 2.79 bits per heavy atom. The van der Waals surface area contributed by atoms with Crippen molar-refractivity contribution in [3.8, 4) is 0 Å². The first kappa shape index (κ1) is 14.8. The third kappa shape index (κ3) is 4.79. The van der Waals surface area contributed by atoms with Crippen LogP contribution in [0.25, 0.3) is 0 Å². The van der Waals surface area contributed by atoms with Gasteiger partial charge in [-0.1, -0.05) is 36.6 Å². The van der Waals surface area contributed by atoms with Crippen LogP contribution in [0.1, 0.15) is 43.8 Å². The minimum Gasteiger partial charge on any atom is -0.388 e. The lowest BCUT2D eigenvalue weighted by Gasteiger charge is -2.22. The summed E-state index contributed by atoms with van der Waals surface area (Å²) in [7, 11) is 2.16. The van der Waals surface area contributed by atoms with E-state index >= 15 is 0 Å². The van der Waals surface area contributed by atoms with Gasteiger partial charge in [0.05, 0.1) is 6.10 Å². The van der Waals surface area contributed by atoms with E-state index in [-0.39, 0.29) is 0 Å². The number of rotatable bonds is 6. The van der Waals surface area contributed by atoms with E-state index in [4.69, 9.17) is 11.6 Å². The van der Waals surface area contributed by atoms with Crippen LogP contribution in [0.3, 0.4) is 0 Å².